The highest BCUT2D eigenvalue weighted by atomic mass is 19.4. The summed E-state index contributed by atoms with van der Waals surface area (Å²) < 4.78 is 41.8. The molecular formula is C15H17F3N2O. The Morgan fingerprint density at radius 3 is 2.76 bits per heavy atom. The summed E-state index contributed by atoms with van der Waals surface area (Å²) in [4.78, 5) is 0. The lowest BCUT2D eigenvalue weighted by Gasteiger charge is -2.12. The Hall–Kier alpha value is -1.53. The Bertz CT molecular complexity index is 617. The third-order valence-electron chi connectivity index (χ3n) is 3.63. The predicted molar refractivity (Wildman–Crippen MR) is 73.8 cm³/mol. The molecule has 0 aliphatic heterocycles. The highest BCUT2D eigenvalue weighted by Gasteiger charge is 2.28. The molecule has 0 radical (unpaired) electrons. The van der Waals surface area contributed by atoms with Gasteiger partial charge in [-0.1, -0.05) is 18.2 Å². The van der Waals surface area contributed by atoms with Gasteiger partial charge in [0.25, 0.3) is 0 Å². The average Bonchev–Trinajstić information content (AvgIpc) is 3.16. The summed E-state index contributed by atoms with van der Waals surface area (Å²) in [6, 6.07) is 8.47. The van der Waals surface area contributed by atoms with Crippen LogP contribution < -0.4 is 5.32 Å². The van der Waals surface area contributed by atoms with Gasteiger partial charge in [-0.25, -0.2) is 0 Å². The summed E-state index contributed by atoms with van der Waals surface area (Å²) in [6.07, 6.45) is -0.350. The number of fused-ring (bicyclic) bond motifs is 1. The van der Waals surface area contributed by atoms with Gasteiger partial charge in [0.05, 0.1) is 12.1 Å². The maximum Gasteiger partial charge on any atom is 0.522 e. The van der Waals surface area contributed by atoms with Crippen LogP contribution >= 0.6 is 0 Å². The van der Waals surface area contributed by atoms with Crippen molar-refractivity contribution in [1.29, 1.82) is 0 Å². The molecule has 1 N–H and O–H groups in total. The van der Waals surface area contributed by atoms with E-state index in [2.05, 4.69) is 10.1 Å². The monoisotopic (exact) mass is 298 g/mol. The number of nitrogens with zero attached hydrogens (tertiary/aromatic N) is 1. The van der Waals surface area contributed by atoms with Crippen LogP contribution in [0.2, 0.25) is 0 Å². The fraction of sp³-hybridized carbons (Fsp3) is 0.467. The van der Waals surface area contributed by atoms with E-state index in [4.69, 9.17) is 0 Å². The van der Waals surface area contributed by atoms with Gasteiger partial charge in [-0.05, 0) is 29.9 Å². The Morgan fingerprint density at radius 2 is 2.05 bits per heavy atom. The van der Waals surface area contributed by atoms with E-state index in [0.29, 0.717) is 6.04 Å². The SMILES string of the molecule is FC(F)(F)OCCn1ccc2cccc(CNC3CC3)c21. The number of hydrogen-bond donors (Lipinski definition) is 1. The predicted octanol–water partition coefficient (Wildman–Crippen LogP) is 3.43. The fourth-order valence-corrected chi connectivity index (χ4v) is 2.47. The molecule has 1 saturated carbocycles. The minimum atomic E-state index is -4.57. The normalized spacial score (nSPS) is 15.8. The van der Waals surface area contributed by atoms with E-state index in [1.165, 1.54) is 12.8 Å². The van der Waals surface area contributed by atoms with Crippen LogP contribution in [-0.2, 0) is 17.8 Å². The second kappa shape index (κ2) is 5.69. The van der Waals surface area contributed by atoms with Crippen molar-refractivity contribution in [2.75, 3.05) is 6.61 Å². The molecule has 0 atom stereocenters. The van der Waals surface area contributed by atoms with Gasteiger partial charge in [-0.15, -0.1) is 13.2 Å². The molecular weight excluding hydrogens is 281 g/mol. The number of aromatic nitrogens is 1. The van der Waals surface area contributed by atoms with Crippen LogP contribution in [-0.4, -0.2) is 23.6 Å². The van der Waals surface area contributed by atoms with Crippen LogP contribution in [0.25, 0.3) is 10.9 Å². The number of hydrogen-bond acceptors (Lipinski definition) is 2. The van der Waals surface area contributed by atoms with Gasteiger partial charge in [-0.3, -0.25) is 4.74 Å². The first-order chi connectivity index (χ1) is 10.0. The van der Waals surface area contributed by atoms with Crippen molar-refractivity contribution in [3.05, 3.63) is 36.0 Å². The molecule has 0 bridgehead atoms. The van der Waals surface area contributed by atoms with E-state index in [1.54, 1.807) is 0 Å². The average molecular weight is 298 g/mol. The van der Waals surface area contributed by atoms with E-state index in [1.807, 2.05) is 35.0 Å². The summed E-state index contributed by atoms with van der Waals surface area (Å²) in [6.45, 7) is 0.549. The lowest BCUT2D eigenvalue weighted by atomic mass is 10.1. The largest absolute Gasteiger partial charge is 0.522 e. The second-order valence-electron chi connectivity index (χ2n) is 5.31. The first-order valence-corrected chi connectivity index (χ1v) is 7.04. The zero-order valence-corrected chi connectivity index (χ0v) is 11.5. The van der Waals surface area contributed by atoms with Gasteiger partial charge < -0.3 is 9.88 Å². The zero-order valence-electron chi connectivity index (χ0n) is 11.5. The first kappa shape index (κ1) is 14.4. The van der Waals surface area contributed by atoms with Crippen molar-refractivity contribution in [2.45, 2.75) is 38.3 Å². The van der Waals surface area contributed by atoms with E-state index in [0.717, 1.165) is 23.0 Å². The summed E-state index contributed by atoms with van der Waals surface area (Å²) in [5, 5.41) is 4.48. The Morgan fingerprint density at radius 1 is 1.24 bits per heavy atom. The molecule has 3 nitrogen and oxygen atoms in total. The molecule has 1 aromatic carbocycles. The molecule has 0 spiro atoms. The second-order valence-corrected chi connectivity index (χ2v) is 5.31. The molecule has 1 aliphatic rings. The number of benzene rings is 1. The number of nitrogens with one attached hydrogen (secondary N) is 1. The molecule has 0 amide bonds. The minimum Gasteiger partial charge on any atom is -0.345 e. The summed E-state index contributed by atoms with van der Waals surface area (Å²) in [7, 11) is 0. The van der Waals surface area contributed by atoms with Gasteiger partial charge in [0, 0.05) is 25.3 Å². The molecule has 21 heavy (non-hydrogen) atoms. The van der Waals surface area contributed by atoms with Crippen molar-refractivity contribution in [2.24, 2.45) is 0 Å². The maximum atomic E-state index is 12.1. The molecule has 0 saturated heterocycles. The quantitative estimate of drug-likeness (QED) is 0.884. The Balaban J connectivity index is 1.74. The fourth-order valence-electron chi connectivity index (χ4n) is 2.47. The molecule has 1 heterocycles. The number of rotatable bonds is 6. The zero-order chi connectivity index (χ0) is 14.9. The van der Waals surface area contributed by atoms with Crippen LogP contribution in [0.5, 0.6) is 0 Å². The summed E-state index contributed by atoms with van der Waals surface area (Å²) in [5.41, 5.74) is 2.09. The standard InChI is InChI=1S/C15H17F3N2O/c16-15(17,18)21-9-8-20-7-6-11-2-1-3-12(14(11)20)10-19-13-4-5-13/h1-3,6-7,13,19H,4-5,8-10H2. The Kier molecular flexibility index (Phi) is 3.91. The van der Waals surface area contributed by atoms with E-state index >= 15 is 0 Å². The molecule has 3 rings (SSSR count). The van der Waals surface area contributed by atoms with Crippen molar-refractivity contribution in [1.82, 2.24) is 9.88 Å². The first-order valence-electron chi connectivity index (χ1n) is 7.04. The maximum absolute atomic E-state index is 12.1. The molecule has 1 aromatic heterocycles. The molecule has 0 unspecified atom stereocenters. The van der Waals surface area contributed by atoms with Gasteiger partial charge in [0.15, 0.2) is 0 Å². The number of para-hydroxylation sites is 1. The van der Waals surface area contributed by atoms with E-state index in [-0.39, 0.29) is 13.2 Å². The highest BCUT2D eigenvalue weighted by molar-refractivity contribution is 5.83. The van der Waals surface area contributed by atoms with E-state index < -0.39 is 6.36 Å². The van der Waals surface area contributed by atoms with Crippen LogP contribution in [0.3, 0.4) is 0 Å². The number of alkyl halides is 3. The van der Waals surface area contributed by atoms with Crippen LogP contribution in [0.15, 0.2) is 30.5 Å². The summed E-state index contributed by atoms with van der Waals surface area (Å²) in [5.74, 6) is 0. The molecule has 114 valence electrons. The Labute approximate surface area is 120 Å². The van der Waals surface area contributed by atoms with Crippen molar-refractivity contribution in [3.8, 4) is 0 Å². The lowest BCUT2D eigenvalue weighted by Crippen LogP contribution is -2.18. The van der Waals surface area contributed by atoms with Gasteiger partial charge in [0.2, 0.25) is 0 Å². The number of ether oxygens (including phenoxy) is 1. The minimum absolute atomic E-state index is 0.184. The topological polar surface area (TPSA) is 26.2 Å². The number of halogens is 3. The van der Waals surface area contributed by atoms with Crippen LogP contribution in [0.4, 0.5) is 13.2 Å². The molecule has 2 aromatic rings. The van der Waals surface area contributed by atoms with Crippen molar-refractivity contribution in [3.63, 3.8) is 0 Å². The highest BCUT2D eigenvalue weighted by Crippen LogP contribution is 2.24. The van der Waals surface area contributed by atoms with Gasteiger partial charge in [-0.2, -0.15) is 0 Å². The van der Waals surface area contributed by atoms with Crippen LogP contribution in [0, 0.1) is 0 Å². The smallest absolute Gasteiger partial charge is 0.345 e. The lowest BCUT2D eigenvalue weighted by molar-refractivity contribution is -0.325. The molecule has 6 heteroatoms. The van der Waals surface area contributed by atoms with E-state index in [9.17, 15) is 13.2 Å². The third-order valence-corrected chi connectivity index (χ3v) is 3.63. The summed E-state index contributed by atoms with van der Waals surface area (Å²) >= 11 is 0. The third kappa shape index (κ3) is 3.77. The van der Waals surface area contributed by atoms with Crippen molar-refractivity contribution >= 4 is 10.9 Å². The molecule has 1 aliphatic carbocycles. The molecule has 1 fully saturated rings. The van der Waals surface area contributed by atoms with Crippen LogP contribution in [0.1, 0.15) is 18.4 Å². The van der Waals surface area contributed by atoms with Crippen molar-refractivity contribution < 1.29 is 17.9 Å². The van der Waals surface area contributed by atoms with Gasteiger partial charge >= 0.3 is 6.36 Å². The van der Waals surface area contributed by atoms with Gasteiger partial charge in [0.1, 0.15) is 0 Å².